The number of ether oxygens (including phenoxy) is 2. The smallest absolute Gasteiger partial charge is 0.306 e. The summed E-state index contributed by atoms with van der Waals surface area (Å²) in [5.74, 6) is -0.896. The van der Waals surface area contributed by atoms with Gasteiger partial charge in [0.1, 0.15) is 19.8 Å². The highest BCUT2D eigenvalue weighted by atomic mass is 31.2. The molecule has 0 spiro atoms. The molecule has 0 aliphatic rings. The summed E-state index contributed by atoms with van der Waals surface area (Å²) in [7, 11) is 1.13. The van der Waals surface area contributed by atoms with Crippen LogP contribution in [-0.4, -0.2) is 70.0 Å². The Hall–Kier alpha value is -2.55. The molecule has 0 heterocycles. The quantitative estimate of drug-likeness (QED) is 0.0195. The molecule has 0 rings (SSSR count). The minimum absolute atomic E-state index is 0.0433. The van der Waals surface area contributed by atoms with Crippen molar-refractivity contribution in [3.8, 4) is 0 Å². The summed E-state index contributed by atoms with van der Waals surface area (Å²) in [5.41, 5.74) is 0. The SMILES string of the molecule is CC/C=C\C/C=C\C/C=C\C/C=C\C/C=C\CCCC(=O)OC(COC(=O)CCCCCCCCCCCCCCCCCCCCCCC/C=C\CCCCCCCCCC)COP(=O)([O-])OCC[N+](C)(C)C. The lowest BCUT2D eigenvalue weighted by Crippen LogP contribution is -2.37. The summed E-state index contributed by atoms with van der Waals surface area (Å²) in [6, 6.07) is 0. The van der Waals surface area contributed by atoms with Crippen molar-refractivity contribution in [2.75, 3.05) is 47.5 Å². The topological polar surface area (TPSA) is 111 Å². The number of rotatable bonds is 56. The Labute approximate surface area is 457 Å². The number of hydrogen-bond donors (Lipinski definition) is 0. The van der Waals surface area contributed by atoms with Gasteiger partial charge in [-0.25, -0.2) is 0 Å². The first kappa shape index (κ1) is 71.5. The molecule has 0 saturated heterocycles. The van der Waals surface area contributed by atoms with Crippen LogP contribution in [0.15, 0.2) is 72.9 Å². The van der Waals surface area contributed by atoms with Crippen molar-refractivity contribution in [2.24, 2.45) is 0 Å². The van der Waals surface area contributed by atoms with E-state index in [1.807, 2.05) is 27.2 Å². The van der Waals surface area contributed by atoms with Crippen LogP contribution >= 0.6 is 7.82 Å². The first-order chi connectivity index (χ1) is 36.0. The lowest BCUT2D eigenvalue weighted by atomic mass is 10.0. The van der Waals surface area contributed by atoms with E-state index in [-0.39, 0.29) is 26.1 Å². The number of carbonyl (C=O) groups excluding carboxylic acids is 2. The van der Waals surface area contributed by atoms with Crippen LogP contribution in [-0.2, 0) is 32.7 Å². The molecule has 0 fully saturated rings. The fourth-order valence-electron chi connectivity index (χ4n) is 8.51. The fourth-order valence-corrected chi connectivity index (χ4v) is 9.24. The van der Waals surface area contributed by atoms with Crippen LogP contribution in [0.3, 0.4) is 0 Å². The molecule has 0 bridgehead atoms. The van der Waals surface area contributed by atoms with Gasteiger partial charge in [-0.1, -0.05) is 254 Å². The number of quaternary nitrogens is 1. The highest BCUT2D eigenvalue weighted by Crippen LogP contribution is 2.38. The van der Waals surface area contributed by atoms with E-state index in [9.17, 15) is 19.0 Å². The van der Waals surface area contributed by atoms with E-state index in [2.05, 4.69) is 80.7 Å². The highest BCUT2D eigenvalue weighted by Gasteiger charge is 2.21. The second-order valence-electron chi connectivity index (χ2n) is 21.7. The number of carbonyl (C=O) groups is 2. The molecule has 74 heavy (non-hydrogen) atoms. The first-order valence-corrected chi connectivity index (χ1v) is 32.1. The van der Waals surface area contributed by atoms with E-state index in [1.165, 1.54) is 180 Å². The van der Waals surface area contributed by atoms with Crippen molar-refractivity contribution < 1.29 is 42.1 Å². The Kier molecular flexibility index (Phi) is 53.3. The molecule has 0 amide bonds. The minimum atomic E-state index is -4.65. The molecule has 0 aromatic heterocycles. The Morgan fingerprint density at radius 2 is 0.784 bits per heavy atom. The van der Waals surface area contributed by atoms with Gasteiger partial charge in [0.15, 0.2) is 6.10 Å². The van der Waals surface area contributed by atoms with Gasteiger partial charge in [-0.15, -0.1) is 0 Å². The van der Waals surface area contributed by atoms with Gasteiger partial charge in [-0.05, 0) is 77.0 Å². The zero-order chi connectivity index (χ0) is 54.2. The third-order valence-corrected chi connectivity index (χ3v) is 14.2. The standard InChI is InChI=1S/C64H116NO8P/c1-6-8-10-12-14-16-18-20-22-24-25-26-27-28-29-30-31-32-33-34-35-36-37-38-39-41-42-44-46-48-50-52-54-56-63(66)70-60-62(61-72-74(68,69)71-59-58-65(3,4)5)73-64(67)57-55-53-51-49-47-45-43-40-23-21-19-17-15-13-11-9-7-2/h9,11,15,17,21,23-25,43,45,49,51,62H,6-8,10,12-14,16,18-20,22,26-42,44,46-48,50,52-61H2,1-5H3/b11-9-,17-15-,23-21-,25-24-,45-43-,51-49-. The van der Waals surface area contributed by atoms with Crippen molar-refractivity contribution in [1.29, 1.82) is 0 Å². The van der Waals surface area contributed by atoms with Gasteiger partial charge in [0.05, 0.1) is 27.7 Å². The van der Waals surface area contributed by atoms with Crippen LogP contribution in [0.5, 0.6) is 0 Å². The maximum Gasteiger partial charge on any atom is 0.306 e. The largest absolute Gasteiger partial charge is 0.756 e. The van der Waals surface area contributed by atoms with Gasteiger partial charge in [0, 0.05) is 12.8 Å². The number of phosphoric acid groups is 1. The molecule has 10 heteroatoms. The second-order valence-corrected chi connectivity index (χ2v) is 23.1. The molecule has 430 valence electrons. The first-order valence-electron chi connectivity index (χ1n) is 30.6. The Morgan fingerprint density at radius 3 is 1.20 bits per heavy atom. The molecule has 2 atom stereocenters. The summed E-state index contributed by atoms with van der Waals surface area (Å²) in [6.07, 6.45) is 72.8. The van der Waals surface area contributed by atoms with Crippen molar-refractivity contribution in [3.63, 3.8) is 0 Å². The van der Waals surface area contributed by atoms with Crippen LogP contribution in [0.1, 0.15) is 271 Å². The number of allylic oxidation sites excluding steroid dienone is 12. The van der Waals surface area contributed by atoms with Crippen molar-refractivity contribution >= 4 is 19.8 Å². The maximum atomic E-state index is 12.7. The van der Waals surface area contributed by atoms with E-state index >= 15 is 0 Å². The summed E-state index contributed by atoms with van der Waals surface area (Å²) >= 11 is 0. The zero-order valence-electron chi connectivity index (χ0n) is 48.8. The van der Waals surface area contributed by atoms with Crippen LogP contribution in [0.2, 0.25) is 0 Å². The van der Waals surface area contributed by atoms with Crippen LogP contribution in [0.4, 0.5) is 0 Å². The molecule has 0 aromatic carbocycles. The highest BCUT2D eigenvalue weighted by molar-refractivity contribution is 7.45. The molecule has 0 aliphatic heterocycles. The van der Waals surface area contributed by atoms with Gasteiger partial charge in [-0.2, -0.15) is 0 Å². The molecule has 2 unspecified atom stereocenters. The molecule has 0 aliphatic carbocycles. The molecule has 0 aromatic rings. The fraction of sp³-hybridized carbons (Fsp3) is 0.781. The molecule has 0 radical (unpaired) electrons. The van der Waals surface area contributed by atoms with Crippen molar-refractivity contribution in [2.45, 2.75) is 277 Å². The number of likely N-dealkylation sites (N-methyl/N-ethyl adjacent to an activating group) is 1. The number of hydrogen-bond acceptors (Lipinski definition) is 8. The Bertz CT molecular complexity index is 1480. The average molecular weight is 1060 g/mol. The van der Waals surface area contributed by atoms with E-state index in [1.54, 1.807) is 0 Å². The third kappa shape index (κ3) is 58.7. The summed E-state index contributed by atoms with van der Waals surface area (Å²) in [4.78, 5) is 37.8. The number of unbranched alkanes of at least 4 members (excludes halogenated alkanes) is 30. The molecular weight excluding hydrogens is 942 g/mol. The zero-order valence-corrected chi connectivity index (χ0v) is 49.7. The lowest BCUT2D eigenvalue weighted by molar-refractivity contribution is -0.870. The second kappa shape index (κ2) is 55.2. The van der Waals surface area contributed by atoms with E-state index in [4.69, 9.17) is 18.5 Å². The Morgan fingerprint density at radius 1 is 0.432 bits per heavy atom. The van der Waals surface area contributed by atoms with Gasteiger partial charge in [0.25, 0.3) is 7.82 Å². The summed E-state index contributed by atoms with van der Waals surface area (Å²) in [6.45, 7) is 4.08. The van der Waals surface area contributed by atoms with Gasteiger partial charge < -0.3 is 27.9 Å². The lowest BCUT2D eigenvalue weighted by Gasteiger charge is -2.28. The predicted octanol–water partition coefficient (Wildman–Crippen LogP) is 18.6. The maximum absolute atomic E-state index is 12.7. The molecule has 9 nitrogen and oxygen atoms in total. The van der Waals surface area contributed by atoms with Crippen molar-refractivity contribution in [3.05, 3.63) is 72.9 Å². The van der Waals surface area contributed by atoms with E-state index in [0.717, 1.165) is 51.4 Å². The molecule has 0 N–H and O–H groups in total. The number of phosphoric ester groups is 1. The summed E-state index contributed by atoms with van der Waals surface area (Å²) in [5, 5.41) is 0. The molecule has 0 saturated carbocycles. The van der Waals surface area contributed by atoms with Crippen LogP contribution in [0, 0.1) is 0 Å². The van der Waals surface area contributed by atoms with E-state index < -0.39 is 32.5 Å². The summed E-state index contributed by atoms with van der Waals surface area (Å²) < 4.78 is 34.1. The molecular formula is C64H116NO8P. The van der Waals surface area contributed by atoms with Gasteiger partial charge >= 0.3 is 11.9 Å². The predicted molar refractivity (Wildman–Crippen MR) is 314 cm³/mol. The van der Waals surface area contributed by atoms with Gasteiger partial charge in [-0.3, -0.25) is 14.2 Å². The Balaban J connectivity index is 4.04. The number of esters is 2. The number of nitrogens with zero attached hydrogens (tertiary/aromatic N) is 1. The monoisotopic (exact) mass is 1060 g/mol. The van der Waals surface area contributed by atoms with Gasteiger partial charge in [0.2, 0.25) is 0 Å². The average Bonchev–Trinajstić information content (AvgIpc) is 3.36. The third-order valence-electron chi connectivity index (χ3n) is 13.2. The van der Waals surface area contributed by atoms with Crippen molar-refractivity contribution in [1.82, 2.24) is 0 Å². The minimum Gasteiger partial charge on any atom is -0.756 e. The van der Waals surface area contributed by atoms with Crippen LogP contribution < -0.4 is 4.89 Å². The normalized spacial score (nSPS) is 13.8. The van der Waals surface area contributed by atoms with E-state index in [0.29, 0.717) is 23.9 Å². The van der Waals surface area contributed by atoms with Crippen LogP contribution in [0.25, 0.3) is 0 Å².